The Labute approximate surface area is 370 Å². The van der Waals surface area contributed by atoms with Gasteiger partial charge in [-0.3, -0.25) is 0 Å². The van der Waals surface area contributed by atoms with E-state index in [1.54, 1.807) is 12.1 Å². The minimum absolute atomic E-state index is 0. The molecule has 0 aliphatic carbocycles. The zero-order chi connectivity index (χ0) is 42.0. The summed E-state index contributed by atoms with van der Waals surface area (Å²) in [6.07, 6.45) is 0. The predicted octanol–water partition coefficient (Wildman–Crippen LogP) is 12.9. The topological polar surface area (TPSA) is 83.4 Å². The molecule has 0 saturated heterocycles. The van der Waals surface area contributed by atoms with Crippen LogP contribution in [0.15, 0.2) is 109 Å². The van der Waals surface area contributed by atoms with E-state index in [0.717, 1.165) is 38.9 Å². The molecule has 1 aliphatic heterocycles. The molecule has 0 fully saturated rings. The number of nitrogens with zero attached hydrogens (tertiary/aromatic N) is 6. The van der Waals surface area contributed by atoms with Crippen LogP contribution in [0, 0.1) is 49.0 Å². The molecule has 2 heterocycles. The molecule has 0 saturated carbocycles. The average Bonchev–Trinajstić information content (AvgIpc) is 3.78. The minimum Gasteiger partial charge on any atom is -0.657 e. The van der Waals surface area contributed by atoms with Crippen molar-refractivity contribution < 1.29 is 21.1 Å². The molecule has 8 heteroatoms. The van der Waals surface area contributed by atoms with Gasteiger partial charge in [0, 0.05) is 17.1 Å². The quantitative estimate of drug-likeness (QED) is 0.144. The number of aryl methyl sites for hydroxylation is 1. The van der Waals surface area contributed by atoms with Gasteiger partial charge in [0.15, 0.2) is 0 Å². The molecule has 0 spiro atoms. The van der Waals surface area contributed by atoms with E-state index in [4.69, 9.17) is 10.5 Å². The van der Waals surface area contributed by atoms with Crippen LogP contribution >= 0.6 is 0 Å². The standard InChI is InChI=1S/C38H45N4.C14H6N3.Pt/c1-25(2)29-20-33(26(3)4)38(34(21-29)27(5)6)30-18-31(39-23-40(8)35-15-11-10-14-28(35)7)22-32(19-30)42-24-41(9)36-16-12-13-17-37(36)42;15-7-9-1-3-13-11(5-9)12-6-10(8-16)2-4-14(12)17-13;/h10-21,23-27,39H,1-9H3;1-6H;/q-3;-1;+4. The molecule has 304 valence electrons. The molecule has 1 aromatic heterocycles. The van der Waals surface area contributed by atoms with Gasteiger partial charge in [0.1, 0.15) is 0 Å². The second-order valence-electron chi connectivity index (χ2n) is 16.3. The van der Waals surface area contributed by atoms with Crippen LogP contribution in [0.3, 0.4) is 0 Å². The van der Waals surface area contributed by atoms with Gasteiger partial charge in [0.25, 0.3) is 0 Å². The van der Waals surface area contributed by atoms with E-state index in [0.29, 0.717) is 28.9 Å². The summed E-state index contributed by atoms with van der Waals surface area (Å²) in [5, 5.41) is 23.2. The summed E-state index contributed by atoms with van der Waals surface area (Å²) >= 11 is 0. The first kappa shape index (κ1) is 43.6. The number of anilines is 5. The number of benzene rings is 6. The van der Waals surface area contributed by atoms with Crippen molar-refractivity contribution in [1.29, 1.82) is 10.5 Å². The normalized spacial score (nSPS) is 12.0. The van der Waals surface area contributed by atoms with Crippen molar-refractivity contribution in [3.8, 4) is 23.3 Å². The summed E-state index contributed by atoms with van der Waals surface area (Å²) in [5.74, 6) is 1.26. The van der Waals surface area contributed by atoms with Gasteiger partial charge < -0.3 is 25.0 Å². The number of hydrogen-bond donors (Lipinski definition) is 1. The first-order chi connectivity index (χ1) is 28.4. The van der Waals surface area contributed by atoms with E-state index < -0.39 is 0 Å². The van der Waals surface area contributed by atoms with Crippen LogP contribution in [0.4, 0.5) is 28.4 Å². The Bertz CT molecular complexity index is 2630. The Morgan fingerprint density at radius 3 is 1.85 bits per heavy atom. The molecule has 1 N–H and O–H groups in total. The van der Waals surface area contributed by atoms with Gasteiger partial charge in [-0.05, 0) is 120 Å². The maximum absolute atomic E-state index is 8.88. The molecule has 0 atom stereocenters. The van der Waals surface area contributed by atoms with Gasteiger partial charge in [0.2, 0.25) is 0 Å². The summed E-state index contributed by atoms with van der Waals surface area (Å²) in [7, 11) is 4.18. The number of nitrogens with one attached hydrogen (secondary N) is 1. The van der Waals surface area contributed by atoms with E-state index in [2.05, 4.69) is 185 Å². The van der Waals surface area contributed by atoms with Gasteiger partial charge in [-0.2, -0.15) is 23.9 Å². The molecular weight excluding hydrogens is 918 g/mol. The van der Waals surface area contributed by atoms with E-state index in [9.17, 15) is 0 Å². The van der Waals surface area contributed by atoms with Crippen molar-refractivity contribution in [3.63, 3.8) is 0 Å². The van der Waals surface area contributed by atoms with Gasteiger partial charge in [0.05, 0.1) is 23.3 Å². The van der Waals surface area contributed by atoms with Gasteiger partial charge in [-0.15, -0.1) is 46.2 Å². The van der Waals surface area contributed by atoms with Crippen LogP contribution in [0.1, 0.15) is 92.7 Å². The molecular formula is C52H51N7Pt. The second kappa shape index (κ2) is 18.5. The Hall–Kier alpha value is -6.01. The molecule has 0 bridgehead atoms. The molecule has 0 amide bonds. The van der Waals surface area contributed by atoms with Crippen molar-refractivity contribution in [2.24, 2.45) is 0 Å². The van der Waals surface area contributed by atoms with Crippen LogP contribution in [0.25, 0.3) is 32.9 Å². The molecule has 60 heavy (non-hydrogen) atoms. The largest absolute Gasteiger partial charge is 4.00 e. The fraction of sp³-hybridized carbons (Fsp3) is 0.231. The molecule has 1 aliphatic rings. The Morgan fingerprint density at radius 2 is 1.30 bits per heavy atom. The van der Waals surface area contributed by atoms with Gasteiger partial charge in [-0.1, -0.05) is 96.1 Å². The second-order valence-corrected chi connectivity index (χ2v) is 16.3. The SMILES string of the molecule is Cc1ccccc1N(C)[CH-]Nc1[c-]c(N2[CH-]N(C)c3ccccc32)cc(-c2c(C(C)C)cc(C(C)C)cc2C(C)C)c1.N#Cc1ccc2[n-]c3ccc(C#N)cc3c2c1.[Pt+4]. The van der Waals surface area contributed by atoms with E-state index in [1.165, 1.54) is 44.8 Å². The summed E-state index contributed by atoms with van der Waals surface area (Å²) in [6, 6.07) is 45.1. The van der Waals surface area contributed by atoms with Crippen LogP contribution in [-0.2, 0) is 21.1 Å². The third-order valence-corrected chi connectivity index (χ3v) is 11.0. The van der Waals surface area contributed by atoms with Gasteiger partial charge >= 0.3 is 21.1 Å². The van der Waals surface area contributed by atoms with E-state index in [1.807, 2.05) is 30.9 Å². The zero-order valence-corrected chi connectivity index (χ0v) is 38.1. The monoisotopic (exact) mass is 968 g/mol. The maximum Gasteiger partial charge on any atom is 4.00 e. The first-order valence-corrected chi connectivity index (χ1v) is 20.3. The number of rotatable bonds is 9. The third-order valence-electron chi connectivity index (χ3n) is 11.0. The Morgan fingerprint density at radius 1 is 0.733 bits per heavy atom. The number of fused-ring (bicyclic) bond motifs is 4. The molecule has 6 aromatic carbocycles. The zero-order valence-electron chi connectivity index (χ0n) is 35.8. The molecule has 8 rings (SSSR count). The van der Waals surface area contributed by atoms with Crippen molar-refractivity contribution >= 4 is 50.2 Å². The molecule has 7 aromatic rings. The first-order valence-electron chi connectivity index (χ1n) is 20.3. The van der Waals surface area contributed by atoms with E-state index >= 15 is 0 Å². The third kappa shape index (κ3) is 8.94. The summed E-state index contributed by atoms with van der Waals surface area (Å²) in [4.78, 5) is 11.0. The molecule has 0 unspecified atom stereocenters. The van der Waals surface area contributed by atoms with Crippen molar-refractivity contribution in [2.75, 3.05) is 34.1 Å². The number of nitriles is 2. The summed E-state index contributed by atoms with van der Waals surface area (Å²) in [5.41, 5.74) is 16.4. The average molecular weight is 969 g/mol. The maximum atomic E-state index is 8.88. The predicted molar refractivity (Wildman–Crippen MR) is 246 cm³/mol. The van der Waals surface area contributed by atoms with Crippen LogP contribution in [0.2, 0.25) is 0 Å². The summed E-state index contributed by atoms with van der Waals surface area (Å²) < 4.78 is 0. The van der Waals surface area contributed by atoms with E-state index in [-0.39, 0.29) is 21.1 Å². The van der Waals surface area contributed by atoms with Gasteiger partial charge in [-0.25, -0.2) is 0 Å². The van der Waals surface area contributed by atoms with Crippen molar-refractivity contribution in [3.05, 3.63) is 162 Å². The molecule has 7 nitrogen and oxygen atoms in total. The molecule has 0 radical (unpaired) electrons. The van der Waals surface area contributed by atoms with Crippen LogP contribution < -0.4 is 25.0 Å². The fourth-order valence-electron chi connectivity index (χ4n) is 7.81. The minimum atomic E-state index is 0. The summed E-state index contributed by atoms with van der Waals surface area (Å²) in [6.45, 7) is 20.2. The smallest absolute Gasteiger partial charge is 0.657 e. The fourth-order valence-corrected chi connectivity index (χ4v) is 7.81. The number of para-hydroxylation sites is 3. The van der Waals surface area contributed by atoms with Crippen molar-refractivity contribution in [1.82, 2.24) is 4.98 Å². The Kier molecular flexibility index (Phi) is 13.4. The van der Waals surface area contributed by atoms with Crippen LogP contribution in [0.5, 0.6) is 0 Å². The Balaban J connectivity index is 0.000000278. The number of aromatic nitrogens is 1. The van der Waals surface area contributed by atoms with Crippen LogP contribution in [-0.4, -0.2) is 14.1 Å². The van der Waals surface area contributed by atoms with Crippen molar-refractivity contribution in [2.45, 2.75) is 66.2 Å². The number of hydrogen-bond acceptors (Lipinski definition) is 6.